The smallest absolute Gasteiger partial charge is 0.412 e. The van der Waals surface area contributed by atoms with Gasteiger partial charge in [0.1, 0.15) is 17.4 Å². The van der Waals surface area contributed by atoms with Crippen LogP contribution >= 0.6 is 0 Å². The lowest BCUT2D eigenvalue weighted by molar-refractivity contribution is 0.121. The number of amides is 1. The summed E-state index contributed by atoms with van der Waals surface area (Å²) in [4.78, 5) is 24.2. The zero-order chi connectivity index (χ0) is 18.6. The lowest BCUT2D eigenvalue weighted by atomic mass is 10.1. The zero-order valence-corrected chi connectivity index (χ0v) is 14.7. The molecule has 0 aliphatic heterocycles. The molecule has 1 unspecified atom stereocenters. The number of H-pyrrole nitrogens is 1. The summed E-state index contributed by atoms with van der Waals surface area (Å²) < 4.78 is 5.42. The lowest BCUT2D eigenvalue weighted by Gasteiger charge is -2.14. The molecule has 1 amide bonds. The Kier molecular flexibility index (Phi) is 4.53. The minimum atomic E-state index is -0.536. The van der Waals surface area contributed by atoms with E-state index in [1.165, 1.54) is 0 Å². The fourth-order valence-corrected chi connectivity index (χ4v) is 2.80. The summed E-state index contributed by atoms with van der Waals surface area (Å²) in [5, 5.41) is 2.71. The van der Waals surface area contributed by atoms with Crippen LogP contribution in [0.25, 0.3) is 22.6 Å². The van der Waals surface area contributed by atoms with Crippen molar-refractivity contribution in [2.45, 2.75) is 13.0 Å². The van der Waals surface area contributed by atoms with E-state index < -0.39 is 6.09 Å². The first kappa shape index (κ1) is 16.8. The molecule has 6 nitrogen and oxygen atoms in total. The second-order valence-corrected chi connectivity index (χ2v) is 6.13. The molecule has 0 aliphatic rings. The van der Waals surface area contributed by atoms with Gasteiger partial charge in [0.2, 0.25) is 0 Å². The van der Waals surface area contributed by atoms with Crippen molar-refractivity contribution < 1.29 is 9.53 Å². The highest BCUT2D eigenvalue weighted by Crippen LogP contribution is 2.22. The third-order valence-electron chi connectivity index (χ3n) is 4.18. The molecule has 6 heteroatoms. The highest BCUT2D eigenvalue weighted by atomic mass is 16.6. The summed E-state index contributed by atoms with van der Waals surface area (Å²) in [5.74, 6) is 0.732. The Morgan fingerprint density at radius 3 is 2.52 bits per heavy atom. The van der Waals surface area contributed by atoms with Crippen LogP contribution in [-0.4, -0.2) is 21.0 Å². The zero-order valence-electron chi connectivity index (χ0n) is 14.7. The Morgan fingerprint density at radius 1 is 1.07 bits per heavy atom. The van der Waals surface area contributed by atoms with E-state index in [-0.39, 0.29) is 6.10 Å². The summed E-state index contributed by atoms with van der Waals surface area (Å²) in [6, 6.07) is 21.1. The summed E-state index contributed by atoms with van der Waals surface area (Å²) in [6.45, 7) is 1.83. The van der Waals surface area contributed by atoms with Crippen molar-refractivity contribution in [2.75, 3.05) is 5.32 Å². The Balaban J connectivity index is 1.48. The maximum atomic E-state index is 12.2. The van der Waals surface area contributed by atoms with Crippen molar-refractivity contribution in [1.82, 2.24) is 15.0 Å². The molecule has 0 aliphatic carbocycles. The predicted molar refractivity (Wildman–Crippen MR) is 104 cm³/mol. The topological polar surface area (TPSA) is 79.9 Å². The van der Waals surface area contributed by atoms with Crippen LogP contribution in [0.2, 0.25) is 0 Å². The Hall–Kier alpha value is -3.67. The van der Waals surface area contributed by atoms with Gasteiger partial charge in [-0.25, -0.2) is 14.8 Å². The number of benzene rings is 2. The summed E-state index contributed by atoms with van der Waals surface area (Å²) in [7, 11) is 0. The SMILES string of the molecule is CC(OC(=O)Nc1cnc2[nH]c(-c3ccccc3)nc2c1)c1ccccc1. The third kappa shape index (κ3) is 3.79. The minimum Gasteiger partial charge on any atom is -0.441 e. The highest BCUT2D eigenvalue weighted by molar-refractivity contribution is 5.88. The van der Waals surface area contributed by atoms with Crippen LogP contribution in [0, 0.1) is 0 Å². The number of nitrogens with zero attached hydrogens (tertiary/aromatic N) is 2. The quantitative estimate of drug-likeness (QED) is 0.542. The molecule has 0 spiro atoms. The standard InChI is InChI=1S/C21H18N4O2/c1-14(15-8-4-2-5-9-15)27-21(26)23-17-12-18-20(22-13-17)25-19(24-18)16-10-6-3-7-11-16/h2-14H,1H3,(H,23,26)(H,22,24,25). The molecule has 2 aromatic heterocycles. The third-order valence-corrected chi connectivity index (χ3v) is 4.18. The molecule has 4 rings (SSSR count). The van der Waals surface area contributed by atoms with Crippen molar-refractivity contribution in [1.29, 1.82) is 0 Å². The van der Waals surface area contributed by atoms with Gasteiger partial charge in [-0.3, -0.25) is 5.32 Å². The first-order valence-corrected chi connectivity index (χ1v) is 8.63. The molecule has 1 atom stereocenters. The number of ether oxygens (including phenoxy) is 1. The second-order valence-electron chi connectivity index (χ2n) is 6.13. The number of anilines is 1. The number of hydrogen-bond acceptors (Lipinski definition) is 4. The molecule has 0 radical (unpaired) electrons. The van der Waals surface area contributed by atoms with Gasteiger partial charge in [0.25, 0.3) is 0 Å². The van der Waals surface area contributed by atoms with Gasteiger partial charge in [0.15, 0.2) is 5.65 Å². The molecule has 27 heavy (non-hydrogen) atoms. The summed E-state index contributed by atoms with van der Waals surface area (Å²) in [6.07, 6.45) is 0.688. The maximum absolute atomic E-state index is 12.2. The summed E-state index contributed by atoms with van der Waals surface area (Å²) in [5.41, 5.74) is 3.76. The monoisotopic (exact) mass is 358 g/mol. The van der Waals surface area contributed by atoms with E-state index in [2.05, 4.69) is 20.3 Å². The first-order valence-electron chi connectivity index (χ1n) is 8.63. The maximum Gasteiger partial charge on any atom is 0.412 e. The molecule has 0 saturated heterocycles. The number of pyridine rings is 1. The first-order chi connectivity index (χ1) is 13.2. The van der Waals surface area contributed by atoms with Crippen LogP contribution in [0.15, 0.2) is 72.9 Å². The number of aromatic amines is 1. The number of aromatic nitrogens is 3. The lowest BCUT2D eigenvalue weighted by Crippen LogP contribution is -2.16. The Morgan fingerprint density at radius 2 is 1.78 bits per heavy atom. The van der Waals surface area contributed by atoms with Gasteiger partial charge < -0.3 is 9.72 Å². The van der Waals surface area contributed by atoms with Crippen molar-refractivity contribution >= 4 is 22.9 Å². The van der Waals surface area contributed by atoms with Crippen LogP contribution in [0.5, 0.6) is 0 Å². The van der Waals surface area contributed by atoms with Gasteiger partial charge in [0.05, 0.1) is 11.9 Å². The van der Waals surface area contributed by atoms with E-state index in [0.717, 1.165) is 17.0 Å². The van der Waals surface area contributed by atoms with Crippen LogP contribution in [0.3, 0.4) is 0 Å². The van der Waals surface area contributed by atoms with Gasteiger partial charge in [-0.1, -0.05) is 60.7 Å². The molecular formula is C21H18N4O2. The average Bonchev–Trinajstić information content (AvgIpc) is 3.12. The van der Waals surface area contributed by atoms with E-state index in [4.69, 9.17) is 4.74 Å². The number of imidazole rings is 1. The normalized spacial score (nSPS) is 11.9. The fraction of sp³-hybridized carbons (Fsp3) is 0.0952. The minimum absolute atomic E-state index is 0.349. The molecule has 2 N–H and O–H groups in total. The molecule has 0 saturated carbocycles. The Labute approximate surface area is 156 Å². The van der Waals surface area contributed by atoms with Crippen molar-refractivity contribution in [3.05, 3.63) is 78.5 Å². The van der Waals surface area contributed by atoms with E-state index in [0.29, 0.717) is 16.9 Å². The fourth-order valence-electron chi connectivity index (χ4n) is 2.80. The highest BCUT2D eigenvalue weighted by Gasteiger charge is 2.13. The Bertz CT molecular complexity index is 1060. The van der Waals surface area contributed by atoms with E-state index in [9.17, 15) is 4.79 Å². The van der Waals surface area contributed by atoms with Crippen molar-refractivity contribution in [2.24, 2.45) is 0 Å². The molecule has 2 aromatic carbocycles. The van der Waals surface area contributed by atoms with Crippen LogP contribution in [-0.2, 0) is 4.74 Å². The van der Waals surface area contributed by atoms with Gasteiger partial charge >= 0.3 is 6.09 Å². The molecule has 4 aromatic rings. The van der Waals surface area contributed by atoms with Crippen molar-refractivity contribution in [3.8, 4) is 11.4 Å². The van der Waals surface area contributed by atoms with Gasteiger partial charge in [-0.2, -0.15) is 0 Å². The van der Waals surface area contributed by atoms with E-state index in [1.54, 1.807) is 12.3 Å². The predicted octanol–water partition coefficient (Wildman–Crippen LogP) is 4.93. The second kappa shape index (κ2) is 7.29. The van der Waals surface area contributed by atoms with E-state index in [1.807, 2.05) is 67.6 Å². The number of carbonyl (C=O) groups excluding carboxylic acids is 1. The van der Waals surface area contributed by atoms with Gasteiger partial charge in [0, 0.05) is 5.56 Å². The largest absolute Gasteiger partial charge is 0.441 e. The molecule has 134 valence electrons. The molecule has 0 bridgehead atoms. The van der Waals surface area contributed by atoms with Crippen LogP contribution < -0.4 is 5.32 Å². The van der Waals surface area contributed by atoms with Crippen LogP contribution in [0.1, 0.15) is 18.6 Å². The molecular weight excluding hydrogens is 340 g/mol. The number of nitrogens with one attached hydrogen (secondary N) is 2. The summed E-state index contributed by atoms with van der Waals surface area (Å²) >= 11 is 0. The van der Waals surface area contributed by atoms with Gasteiger partial charge in [-0.15, -0.1) is 0 Å². The van der Waals surface area contributed by atoms with E-state index >= 15 is 0 Å². The average molecular weight is 358 g/mol. The van der Waals surface area contributed by atoms with Crippen LogP contribution in [0.4, 0.5) is 10.5 Å². The number of rotatable bonds is 4. The van der Waals surface area contributed by atoms with Crippen molar-refractivity contribution in [3.63, 3.8) is 0 Å². The number of hydrogen-bond donors (Lipinski definition) is 2. The molecule has 0 fully saturated rings. The molecule has 2 heterocycles. The number of carbonyl (C=O) groups is 1. The number of fused-ring (bicyclic) bond motifs is 1. The van der Waals surface area contributed by atoms with Gasteiger partial charge in [-0.05, 0) is 18.6 Å².